The van der Waals surface area contributed by atoms with Crippen LogP contribution in [0, 0.1) is 12.7 Å². The van der Waals surface area contributed by atoms with Crippen LogP contribution in [0.1, 0.15) is 33.1 Å². The van der Waals surface area contributed by atoms with Crippen LogP contribution < -0.4 is 19.8 Å². The van der Waals surface area contributed by atoms with Gasteiger partial charge in [0.1, 0.15) is 23.8 Å². The summed E-state index contributed by atoms with van der Waals surface area (Å²) >= 11 is 6.24. The summed E-state index contributed by atoms with van der Waals surface area (Å²) in [4.78, 5) is 27.1. The zero-order chi connectivity index (χ0) is 27.0. The molecule has 38 heavy (non-hydrogen) atoms. The zero-order valence-electron chi connectivity index (χ0n) is 21.0. The Bertz CT molecular complexity index is 1580. The molecule has 1 unspecified atom stereocenters. The van der Waals surface area contributed by atoms with E-state index in [2.05, 4.69) is 0 Å². The van der Waals surface area contributed by atoms with Crippen LogP contribution in [0.4, 0.5) is 4.39 Å². The van der Waals surface area contributed by atoms with Gasteiger partial charge in [-0.2, -0.15) is 0 Å². The molecule has 0 radical (unpaired) electrons. The number of halogens is 2. The van der Waals surface area contributed by atoms with E-state index in [1.807, 2.05) is 25.1 Å². The van der Waals surface area contributed by atoms with Crippen molar-refractivity contribution in [2.24, 2.45) is 0 Å². The summed E-state index contributed by atoms with van der Waals surface area (Å²) in [6, 6.07) is 13.9. The van der Waals surface area contributed by atoms with Gasteiger partial charge in [-0.3, -0.25) is 4.79 Å². The summed E-state index contributed by atoms with van der Waals surface area (Å²) in [5, 5.41) is 0.829. The maximum absolute atomic E-state index is 14.7. The summed E-state index contributed by atoms with van der Waals surface area (Å²) in [6.07, 6.45) is 0.518. The third kappa shape index (κ3) is 4.67. The van der Waals surface area contributed by atoms with Gasteiger partial charge in [-0.1, -0.05) is 17.7 Å². The van der Waals surface area contributed by atoms with Crippen LogP contribution in [-0.2, 0) is 6.42 Å². The Morgan fingerprint density at radius 2 is 1.87 bits per heavy atom. The lowest BCUT2D eigenvalue weighted by Gasteiger charge is -2.38. The maximum atomic E-state index is 14.7. The second kappa shape index (κ2) is 10.4. The number of nitrogens with zero attached hydrogens (tertiary/aromatic N) is 1. The van der Waals surface area contributed by atoms with Crippen molar-refractivity contribution in [2.45, 2.75) is 19.4 Å². The smallest absolute Gasteiger partial charge is 0.336 e. The molecule has 0 spiro atoms. The first-order valence-electron chi connectivity index (χ1n) is 12.0. The molecular weight excluding hydrogens is 513 g/mol. The summed E-state index contributed by atoms with van der Waals surface area (Å²) < 4.78 is 37.2. The van der Waals surface area contributed by atoms with E-state index in [9.17, 15) is 14.0 Å². The summed E-state index contributed by atoms with van der Waals surface area (Å²) in [5.74, 6) is 0.290. The summed E-state index contributed by atoms with van der Waals surface area (Å²) in [6.45, 7) is 2.19. The van der Waals surface area contributed by atoms with Gasteiger partial charge in [-0.05, 0) is 66.4 Å². The molecule has 0 N–H and O–H groups in total. The minimum atomic E-state index is -0.694. The highest BCUT2D eigenvalue weighted by molar-refractivity contribution is 6.33. The maximum Gasteiger partial charge on any atom is 0.336 e. The van der Waals surface area contributed by atoms with E-state index >= 15 is 0 Å². The van der Waals surface area contributed by atoms with Crippen molar-refractivity contribution in [3.63, 3.8) is 0 Å². The number of aryl methyl sites for hydroxylation is 1. The summed E-state index contributed by atoms with van der Waals surface area (Å²) in [5.41, 5.74) is 2.30. The molecule has 7 nitrogen and oxygen atoms in total. The van der Waals surface area contributed by atoms with E-state index in [1.54, 1.807) is 24.1 Å². The van der Waals surface area contributed by atoms with Crippen LogP contribution in [0.3, 0.4) is 0 Å². The highest BCUT2D eigenvalue weighted by Gasteiger charge is 2.35. The third-order valence-electron chi connectivity index (χ3n) is 6.77. The van der Waals surface area contributed by atoms with Crippen LogP contribution in [0.25, 0.3) is 11.0 Å². The van der Waals surface area contributed by atoms with Crippen molar-refractivity contribution in [2.75, 3.05) is 27.4 Å². The van der Waals surface area contributed by atoms with Gasteiger partial charge in [0, 0.05) is 24.1 Å². The lowest BCUT2D eigenvalue weighted by molar-refractivity contribution is 0.0584. The van der Waals surface area contributed by atoms with Crippen molar-refractivity contribution in [1.29, 1.82) is 0 Å². The number of hydrogen-bond donors (Lipinski definition) is 0. The molecule has 1 aliphatic heterocycles. The number of fused-ring (bicyclic) bond motifs is 2. The van der Waals surface area contributed by atoms with Gasteiger partial charge in [0.2, 0.25) is 0 Å². The van der Waals surface area contributed by atoms with E-state index in [0.29, 0.717) is 35.8 Å². The largest absolute Gasteiger partial charge is 0.493 e. The third-order valence-corrected chi connectivity index (χ3v) is 7.09. The number of amides is 1. The topological polar surface area (TPSA) is 78.2 Å². The van der Waals surface area contributed by atoms with Crippen LogP contribution in [-0.4, -0.2) is 38.2 Å². The highest BCUT2D eigenvalue weighted by atomic mass is 35.5. The number of benzene rings is 3. The lowest BCUT2D eigenvalue weighted by atomic mass is 9.91. The van der Waals surface area contributed by atoms with Gasteiger partial charge in [-0.15, -0.1) is 0 Å². The highest BCUT2D eigenvalue weighted by Crippen LogP contribution is 2.39. The van der Waals surface area contributed by atoms with Crippen LogP contribution in [0.5, 0.6) is 17.2 Å². The SMILES string of the molecule is COc1cc2c(cc1OC)C(COc1ccc3c(C)cc(=O)oc3c1)N(C(=O)c1c(F)cccc1Cl)CC2. The predicted octanol–water partition coefficient (Wildman–Crippen LogP) is 5.73. The van der Waals surface area contributed by atoms with Crippen molar-refractivity contribution in [3.8, 4) is 17.2 Å². The Morgan fingerprint density at radius 3 is 2.61 bits per heavy atom. The van der Waals surface area contributed by atoms with Crippen LogP contribution >= 0.6 is 11.6 Å². The molecule has 0 saturated heterocycles. The Balaban J connectivity index is 1.54. The molecule has 0 saturated carbocycles. The molecule has 1 atom stereocenters. The first-order valence-corrected chi connectivity index (χ1v) is 12.4. The molecular formula is C29H25ClFNO6. The molecule has 0 bridgehead atoms. The number of carbonyl (C=O) groups excluding carboxylic acids is 1. The molecule has 1 amide bonds. The molecule has 196 valence electrons. The van der Waals surface area contributed by atoms with Gasteiger partial charge in [0.25, 0.3) is 5.91 Å². The predicted molar refractivity (Wildman–Crippen MR) is 141 cm³/mol. The second-order valence-electron chi connectivity index (χ2n) is 8.98. The van der Waals surface area contributed by atoms with Crippen molar-refractivity contribution >= 4 is 28.5 Å². The van der Waals surface area contributed by atoms with Crippen molar-refractivity contribution in [1.82, 2.24) is 4.90 Å². The molecule has 5 rings (SSSR count). The van der Waals surface area contributed by atoms with Gasteiger partial charge in [0.05, 0.1) is 30.8 Å². The van der Waals surface area contributed by atoms with E-state index in [4.69, 9.17) is 30.2 Å². The fraction of sp³-hybridized carbons (Fsp3) is 0.241. The molecule has 3 aromatic carbocycles. The molecule has 0 aliphatic carbocycles. The second-order valence-corrected chi connectivity index (χ2v) is 9.39. The van der Waals surface area contributed by atoms with E-state index in [0.717, 1.165) is 22.1 Å². The monoisotopic (exact) mass is 537 g/mol. The number of methoxy groups -OCH3 is 2. The minimum absolute atomic E-state index is 0.0349. The van der Waals surface area contributed by atoms with Crippen LogP contribution in [0.2, 0.25) is 5.02 Å². The molecule has 1 aliphatic rings. The average molecular weight is 538 g/mol. The molecule has 2 heterocycles. The normalized spacial score (nSPS) is 14.8. The van der Waals surface area contributed by atoms with E-state index in [1.165, 1.54) is 31.4 Å². The number of carbonyl (C=O) groups is 1. The standard InChI is InChI=1S/C29H25ClFNO6/c1-16-11-27(33)38-24-13-18(7-8-19(16)24)37-15-23-20-14-26(36-3)25(35-2)12-17(20)9-10-32(23)29(34)28-21(30)5-4-6-22(28)31/h4-8,11-14,23H,9-10,15H2,1-3H3. The van der Waals surface area contributed by atoms with Crippen molar-refractivity contribution in [3.05, 3.63) is 98.1 Å². The molecule has 0 fully saturated rings. The first-order chi connectivity index (χ1) is 18.3. The Hall–Kier alpha value is -4.04. The Labute approximate surface area is 223 Å². The fourth-order valence-corrected chi connectivity index (χ4v) is 5.11. The van der Waals surface area contributed by atoms with Gasteiger partial charge in [-0.25, -0.2) is 9.18 Å². The Morgan fingerprint density at radius 1 is 1.11 bits per heavy atom. The zero-order valence-corrected chi connectivity index (χ0v) is 21.8. The van der Waals surface area contributed by atoms with Gasteiger partial charge >= 0.3 is 5.63 Å². The fourth-order valence-electron chi connectivity index (χ4n) is 4.87. The quantitative estimate of drug-likeness (QED) is 0.292. The van der Waals surface area contributed by atoms with Crippen molar-refractivity contribution < 1.29 is 27.8 Å². The lowest BCUT2D eigenvalue weighted by Crippen LogP contribution is -2.43. The minimum Gasteiger partial charge on any atom is -0.493 e. The van der Waals surface area contributed by atoms with E-state index in [-0.39, 0.29) is 17.2 Å². The number of rotatable bonds is 6. The van der Waals surface area contributed by atoms with Gasteiger partial charge < -0.3 is 23.5 Å². The first kappa shape index (κ1) is 25.6. The van der Waals surface area contributed by atoms with E-state index < -0.39 is 23.4 Å². The Kier molecular flexibility index (Phi) is 6.99. The van der Waals surface area contributed by atoms with Crippen LogP contribution in [0.15, 0.2) is 63.8 Å². The number of ether oxygens (including phenoxy) is 3. The number of hydrogen-bond acceptors (Lipinski definition) is 6. The molecule has 4 aromatic rings. The summed E-state index contributed by atoms with van der Waals surface area (Å²) in [7, 11) is 3.09. The van der Waals surface area contributed by atoms with Gasteiger partial charge in [0.15, 0.2) is 11.5 Å². The molecule has 1 aromatic heterocycles. The molecule has 9 heteroatoms. The average Bonchev–Trinajstić information content (AvgIpc) is 2.90.